The van der Waals surface area contributed by atoms with E-state index in [1.54, 1.807) is 0 Å². The maximum absolute atomic E-state index is 13.6. The van der Waals surface area contributed by atoms with Gasteiger partial charge in [-0.25, -0.2) is 21.2 Å². The molecule has 5 nitrogen and oxygen atoms in total. The van der Waals surface area contributed by atoms with Crippen LogP contribution in [0, 0.1) is 5.82 Å². The van der Waals surface area contributed by atoms with Gasteiger partial charge in [0.15, 0.2) is 9.84 Å². The molecule has 0 aliphatic carbocycles. The second-order valence-electron chi connectivity index (χ2n) is 4.47. The Morgan fingerprint density at radius 2 is 1.50 bits per heavy atom. The minimum atomic E-state index is -4.04. The molecule has 0 saturated heterocycles. The van der Waals surface area contributed by atoms with Crippen molar-refractivity contribution in [2.24, 2.45) is 0 Å². The van der Waals surface area contributed by atoms with E-state index in [1.807, 2.05) is 0 Å². The highest BCUT2D eigenvalue weighted by Crippen LogP contribution is 2.23. The summed E-state index contributed by atoms with van der Waals surface area (Å²) in [5.74, 6) is -0.816. The van der Waals surface area contributed by atoms with Gasteiger partial charge in [0.2, 0.25) is 0 Å². The Balaban J connectivity index is 2.34. The normalized spacial score (nSPS) is 12.1. The molecule has 0 aromatic heterocycles. The average Bonchev–Trinajstić information content (AvgIpc) is 2.41. The Hall–Kier alpha value is -1.64. The van der Waals surface area contributed by atoms with Crippen molar-refractivity contribution < 1.29 is 21.2 Å². The van der Waals surface area contributed by atoms with E-state index in [0.29, 0.717) is 0 Å². The van der Waals surface area contributed by atoms with Crippen LogP contribution >= 0.6 is 11.6 Å². The molecule has 0 spiro atoms. The molecular weight excluding hydrogens is 353 g/mol. The third kappa shape index (κ3) is 3.76. The lowest BCUT2D eigenvalue weighted by Crippen LogP contribution is -2.14. The Morgan fingerprint density at radius 1 is 0.955 bits per heavy atom. The molecule has 9 heteroatoms. The van der Waals surface area contributed by atoms with E-state index in [-0.39, 0.29) is 20.5 Å². The molecule has 0 aliphatic heterocycles. The van der Waals surface area contributed by atoms with Gasteiger partial charge in [-0.3, -0.25) is 4.72 Å². The maximum Gasteiger partial charge on any atom is 0.261 e. The van der Waals surface area contributed by atoms with Gasteiger partial charge in [-0.05, 0) is 42.5 Å². The van der Waals surface area contributed by atoms with Gasteiger partial charge in [0, 0.05) is 11.3 Å². The number of halogens is 2. The van der Waals surface area contributed by atoms with Crippen LogP contribution in [0.15, 0.2) is 52.3 Å². The highest BCUT2D eigenvalue weighted by molar-refractivity contribution is 7.92. The van der Waals surface area contributed by atoms with Crippen LogP contribution in [-0.2, 0) is 19.9 Å². The first kappa shape index (κ1) is 16.7. The summed E-state index contributed by atoms with van der Waals surface area (Å²) < 4.78 is 62.7. The highest BCUT2D eigenvalue weighted by Gasteiger charge is 2.17. The van der Waals surface area contributed by atoms with Gasteiger partial charge in [-0.15, -0.1) is 0 Å². The van der Waals surface area contributed by atoms with Crippen molar-refractivity contribution in [1.82, 2.24) is 0 Å². The predicted molar refractivity (Wildman–Crippen MR) is 81.8 cm³/mol. The fourth-order valence-electron chi connectivity index (χ4n) is 1.64. The van der Waals surface area contributed by atoms with E-state index in [1.165, 1.54) is 24.3 Å². The second-order valence-corrected chi connectivity index (χ2v) is 8.61. The van der Waals surface area contributed by atoms with Gasteiger partial charge >= 0.3 is 0 Å². The topological polar surface area (TPSA) is 80.3 Å². The lowest BCUT2D eigenvalue weighted by Gasteiger charge is -2.09. The second kappa shape index (κ2) is 5.86. The van der Waals surface area contributed by atoms with Crippen LogP contribution in [0.25, 0.3) is 0 Å². The third-order valence-electron chi connectivity index (χ3n) is 2.74. The van der Waals surface area contributed by atoms with E-state index in [4.69, 9.17) is 11.6 Å². The van der Waals surface area contributed by atoms with Gasteiger partial charge in [0.05, 0.1) is 15.5 Å². The minimum Gasteiger partial charge on any atom is -0.277 e. The molecule has 0 radical (unpaired) electrons. The van der Waals surface area contributed by atoms with Crippen LogP contribution in [0.3, 0.4) is 0 Å². The van der Waals surface area contributed by atoms with Crippen molar-refractivity contribution in [3.63, 3.8) is 0 Å². The summed E-state index contributed by atoms with van der Waals surface area (Å²) >= 11 is 5.59. The molecule has 0 unspecified atom stereocenters. The van der Waals surface area contributed by atoms with E-state index in [0.717, 1.165) is 24.5 Å². The van der Waals surface area contributed by atoms with E-state index in [2.05, 4.69) is 4.72 Å². The Morgan fingerprint density at radius 3 is 2.00 bits per heavy atom. The first-order valence-corrected chi connectivity index (χ1v) is 9.63. The number of hydrogen-bond acceptors (Lipinski definition) is 4. The summed E-state index contributed by atoms with van der Waals surface area (Å²) in [5.41, 5.74) is -0.253. The largest absolute Gasteiger partial charge is 0.277 e. The summed E-state index contributed by atoms with van der Waals surface area (Å²) in [6.45, 7) is 0. The molecule has 0 heterocycles. The van der Waals surface area contributed by atoms with Gasteiger partial charge in [0.1, 0.15) is 5.82 Å². The zero-order valence-corrected chi connectivity index (χ0v) is 13.6. The minimum absolute atomic E-state index is 0.0101. The summed E-state index contributed by atoms with van der Waals surface area (Å²) in [7, 11) is -7.46. The number of sulfonamides is 1. The van der Waals surface area contributed by atoms with Crippen molar-refractivity contribution >= 4 is 37.1 Å². The zero-order valence-electron chi connectivity index (χ0n) is 11.2. The first-order chi connectivity index (χ1) is 10.1. The number of anilines is 1. The Labute approximate surface area is 132 Å². The fraction of sp³-hybridized carbons (Fsp3) is 0.0769. The third-order valence-corrected chi connectivity index (χ3v) is 5.48. The monoisotopic (exact) mass is 363 g/mol. The average molecular weight is 364 g/mol. The number of rotatable bonds is 4. The highest BCUT2D eigenvalue weighted by atomic mass is 35.5. The molecular formula is C13H11ClFNO4S2. The summed E-state index contributed by atoms with van der Waals surface area (Å²) in [5, 5.41) is 0.137. The van der Waals surface area contributed by atoms with Crippen molar-refractivity contribution in [2.75, 3.05) is 11.0 Å². The summed E-state index contributed by atoms with van der Waals surface area (Å²) in [4.78, 5) is -0.196. The van der Waals surface area contributed by atoms with Crippen molar-refractivity contribution in [3.8, 4) is 0 Å². The van der Waals surface area contributed by atoms with Crippen LogP contribution in [0.1, 0.15) is 0 Å². The molecule has 0 saturated carbocycles. The molecule has 0 aliphatic rings. The molecule has 1 N–H and O–H groups in total. The van der Waals surface area contributed by atoms with Crippen LogP contribution in [0.4, 0.5) is 10.1 Å². The molecule has 2 aromatic carbocycles. The number of hydrogen-bond donors (Lipinski definition) is 1. The van der Waals surface area contributed by atoms with Gasteiger partial charge in [-0.2, -0.15) is 0 Å². The molecule has 0 bridgehead atoms. The van der Waals surface area contributed by atoms with E-state index in [9.17, 15) is 21.2 Å². The molecule has 0 atom stereocenters. The standard InChI is InChI=1S/C13H11ClFNO4S2/c1-21(17,18)10-3-5-11(6-4-10)22(19,20)16-13-7-2-9(14)8-12(13)15/h2-8,16H,1H3. The maximum atomic E-state index is 13.6. The zero-order chi connectivity index (χ0) is 16.5. The lowest BCUT2D eigenvalue weighted by atomic mass is 10.3. The Kier molecular flexibility index (Phi) is 4.46. The van der Waals surface area contributed by atoms with Crippen LogP contribution in [0.2, 0.25) is 5.02 Å². The molecule has 22 heavy (non-hydrogen) atoms. The van der Waals surface area contributed by atoms with Gasteiger partial charge in [-0.1, -0.05) is 11.6 Å². The lowest BCUT2D eigenvalue weighted by molar-refractivity contribution is 0.596. The summed E-state index contributed by atoms with van der Waals surface area (Å²) in [6, 6.07) is 8.12. The number of sulfone groups is 1. The smallest absolute Gasteiger partial charge is 0.261 e. The SMILES string of the molecule is CS(=O)(=O)c1ccc(S(=O)(=O)Nc2ccc(Cl)cc2F)cc1. The fourth-order valence-corrected chi connectivity index (χ4v) is 3.50. The van der Waals surface area contributed by atoms with Gasteiger partial charge < -0.3 is 0 Å². The van der Waals surface area contributed by atoms with E-state index < -0.39 is 25.7 Å². The van der Waals surface area contributed by atoms with Crippen molar-refractivity contribution in [2.45, 2.75) is 9.79 Å². The van der Waals surface area contributed by atoms with Gasteiger partial charge in [0.25, 0.3) is 10.0 Å². The number of benzene rings is 2. The molecule has 118 valence electrons. The van der Waals surface area contributed by atoms with Crippen LogP contribution < -0.4 is 4.72 Å². The Bertz CT molecular complexity index is 910. The quantitative estimate of drug-likeness (QED) is 0.905. The predicted octanol–water partition coefficient (Wildman–Crippen LogP) is 2.68. The first-order valence-electron chi connectivity index (χ1n) is 5.87. The van der Waals surface area contributed by atoms with Crippen LogP contribution in [-0.4, -0.2) is 23.1 Å². The van der Waals surface area contributed by atoms with Crippen LogP contribution in [0.5, 0.6) is 0 Å². The number of nitrogens with one attached hydrogen (secondary N) is 1. The molecule has 2 aromatic rings. The van der Waals surface area contributed by atoms with E-state index >= 15 is 0 Å². The molecule has 0 amide bonds. The molecule has 0 fully saturated rings. The molecule has 2 rings (SSSR count). The summed E-state index contributed by atoms with van der Waals surface area (Å²) in [6.07, 6.45) is 1.01. The van der Waals surface area contributed by atoms with Crippen molar-refractivity contribution in [3.05, 3.63) is 53.3 Å². The van der Waals surface area contributed by atoms with Crippen molar-refractivity contribution in [1.29, 1.82) is 0 Å².